The molecule has 4 bridgehead atoms. The van der Waals surface area contributed by atoms with Gasteiger partial charge in [0.15, 0.2) is 5.75 Å². The van der Waals surface area contributed by atoms with Gasteiger partial charge in [-0.2, -0.15) is 0 Å². The second-order valence-corrected chi connectivity index (χ2v) is 23.1. The molecule has 0 unspecified atom stereocenters. The zero-order valence-electron chi connectivity index (χ0n) is 45.3. The van der Waals surface area contributed by atoms with Gasteiger partial charge in [0.05, 0.1) is 54.2 Å². The monoisotopic (exact) mass is 1130 g/mol. The zero-order chi connectivity index (χ0) is 55.1. The van der Waals surface area contributed by atoms with Crippen molar-refractivity contribution in [3.63, 3.8) is 0 Å². The van der Waals surface area contributed by atoms with Crippen LogP contribution in [0.3, 0.4) is 0 Å². The number of hydrogen-bond donors (Lipinski definition) is 0. The maximum atomic E-state index is 15.9. The second kappa shape index (κ2) is 25.4. The number of carbonyl (C=O) groups excluding carboxylic acids is 1. The van der Waals surface area contributed by atoms with Gasteiger partial charge in [0.2, 0.25) is 12.0 Å². The molecule has 6 heterocycles. The third kappa shape index (κ3) is 14.0. The Labute approximate surface area is 468 Å². The third-order valence-electron chi connectivity index (χ3n) is 14.3. The van der Waals surface area contributed by atoms with E-state index in [4.69, 9.17) is 76.0 Å². The molecule has 3 aliphatic heterocycles. The van der Waals surface area contributed by atoms with Crippen LogP contribution in [0.5, 0.6) is 23.1 Å². The molecule has 6 aromatic rings. The van der Waals surface area contributed by atoms with Gasteiger partial charge in [0.25, 0.3) is 0 Å². The number of piperazine rings is 1. The van der Waals surface area contributed by atoms with Gasteiger partial charge in [-0.25, -0.2) is 33.5 Å². The summed E-state index contributed by atoms with van der Waals surface area (Å²) in [7, 11) is 3.72. The van der Waals surface area contributed by atoms with Gasteiger partial charge >= 0.3 is 5.97 Å². The van der Waals surface area contributed by atoms with E-state index in [1.165, 1.54) is 29.8 Å². The molecule has 20 heteroatoms. The van der Waals surface area contributed by atoms with E-state index in [9.17, 15) is 9.18 Å². The zero-order valence-corrected chi connectivity index (χ0v) is 47.6. The highest BCUT2D eigenvalue weighted by Gasteiger charge is 2.38. The fourth-order valence-electron chi connectivity index (χ4n) is 10.1. The van der Waals surface area contributed by atoms with Gasteiger partial charge in [0.1, 0.15) is 64.9 Å². The largest absolute Gasteiger partial charge is 0.490 e. The summed E-state index contributed by atoms with van der Waals surface area (Å²) < 4.78 is 79.7. The smallest absolute Gasteiger partial charge is 0.348 e. The SMILES string of the molecule is COCCOCCOCC1(F)CCC(c2nccc(COc3ccc4cc3C[C@H](C(=O)OC(C)(C)C)Oc3ncnc5sc(-c6ccc(F)cc6)c(c35)-c3c(C)c(Cl)c(c(Cl)c3C)O[C@H](CN3CCN(C)CC3)CO4)n2)CC1. The number of fused-ring (bicyclic) bond motifs is 7. The van der Waals surface area contributed by atoms with Crippen LogP contribution in [-0.4, -0.2) is 146 Å². The maximum Gasteiger partial charge on any atom is 0.348 e. The molecule has 10 rings (SSSR count). The lowest BCUT2D eigenvalue weighted by molar-refractivity contribution is -0.163. The number of methoxy groups -OCH3 is 1. The number of ether oxygens (including phenoxy) is 8. The summed E-state index contributed by atoms with van der Waals surface area (Å²) in [5, 5.41) is 1.11. The van der Waals surface area contributed by atoms with E-state index in [0.717, 1.165) is 31.1 Å². The van der Waals surface area contributed by atoms with Crippen LogP contribution in [0, 0.1) is 19.7 Å². The van der Waals surface area contributed by atoms with E-state index in [1.54, 1.807) is 58.3 Å². The molecule has 3 aromatic heterocycles. The molecule has 1 saturated carbocycles. The average Bonchev–Trinajstić information content (AvgIpc) is 4.01. The Balaban J connectivity index is 1.07. The van der Waals surface area contributed by atoms with Gasteiger partial charge in [-0.15, -0.1) is 11.3 Å². The van der Waals surface area contributed by atoms with Crippen molar-refractivity contribution in [3.8, 4) is 44.7 Å². The highest BCUT2D eigenvalue weighted by molar-refractivity contribution is 7.22. The summed E-state index contributed by atoms with van der Waals surface area (Å²) in [5.41, 5.74) is 2.23. The Morgan fingerprint density at radius 3 is 2.33 bits per heavy atom. The molecule has 0 N–H and O–H groups in total. The van der Waals surface area contributed by atoms with Crippen molar-refractivity contribution in [1.29, 1.82) is 0 Å². The number of likely N-dealkylation sites (N-methyl/N-ethyl adjacent to an activating group) is 1. The van der Waals surface area contributed by atoms with E-state index in [1.807, 2.05) is 26.0 Å². The number of halogens is 4. The minimum atomic E-state index is -1.44. The van der Waals surface area contributed by atoms with Gasteiger partial charge < -0.3 is 42.8 Å². The lowest BCUT2D eigenvalue weighted by Gasteiger charge is -2.35. The molecule has 0 amide bonds. The highest BCUT2D eigenvalue weighted by atomic mass is 35.5. The molecule has 1 aliphatic carbocycles. The Hall–Kier alpha value is -5.31. The molecule has 1 saturated heterocycles. The van der Waals surface area contributed by atoms with Crippen molar-refractivity contribution >= 4 is 50.7 Å². The van der Waals surface area contributed by atoms with E-state index in [2.05, 4.69) is 21.8 Å². The number of thiophene rings is 1. The summed E-state index contributed by atoms with van der Waals surface area (Å²) in [6, 6.07) is 13.4. The predicted octanol–water partition coefficient (Wildman–Crippen LogP) is 11.2. The van der Waals surface area contributed by atoms with Crippen LogP contribution >= 0.6 is 34.5 Å². The number of rotatable bonds is 16. The van der Waals surface area contributed by atoms with Crippen LogP contribution in [0.2, 0.25) is 10.0 Å². The number of benzene rings is 3. The van der Waals surface area contributed by atoms with Gasteiger partial charge in [0, 0.05) is 74.4 Å². The van der Waals surface area contributed by atoms with Gasteiger partial charge in [-0.3, -0.25) is 4.90 Å². The summed E-state index contributed by atoms with van der Waals surface area (Å²) in [6.45, 7) is 15.0. The number of nitrogens with zero attached hydrogens (tertiary/aromatic N) is 6. The van der Waals surface area contributed by atoms with Crippen molar-refractivity contribution in [2.45, 2.75) is 103 Å². The molecule has 0 radical (unpaired) electrons. The van der Waals surface area contributed by atoms with E-state index < -0.39 is 35.3 Å². The predicted molar refractivity (Wildman–Crippen MR) is 297 cm³/mol. The highest BCUT2D eigenvalue weighted by Crippen LogP contribution is 2.53. The normalized spacial score (nSPS) is 20.4. The summed E-state index contributed by atoms with van der Waals surface area (Å²) in [6.07, 6.45) is 2.99. The molecule has 0 spiro atoms. The summed E-state index contributed by atoms with van der Waals surface area (Å²) in [4.78, 5) is 39.5. The first-order valence-corrected chi connectivity index (χ1v) is 28.1. The van der Waals surface area contributed by atoms with Crippen LogP contribution in [0.25, 0.3) is 31.8 Å². The molecular formula is C58H68Cl2F2N6O9S. The molecular weight excluding hydrogens is 1070 g/mol. The fourth-order valence-corrected chi connectivity index (χ4v) is 11.7. The van der Waals surface area contributed by atoms with Crippen LogP contribution < -0.4 is 18.9 Å². The molecule has 78 heavy (non-hydrogen) atoms. The quantitative estimate of drug-likeness (QED) is 0.0668. The Bertz CT molecular complexity index is 3010. The first-order chi connectivity index (χ1) is 37.5. The molecule has 418 valence electrons. The van der Waals surface area contributed by atoms with Crippen molar-refractivity contribution in [2.75, 3.05) is 86.5 Å². The lowest BCUT2D eigenvalue weighted by atomic mass is 9.80. The maximum absolute atomic E-state index is 15.9. The van der Waals surface area contributed by atoms with Crippen molar-refractivity contribution in [1.82, 2.24) is 29.7 Å². The summed E-state index contributed by atoms with van der Waals surface area (Å²) >= 11 is 16.2. The summed E-state index contributed by atoms with van der Waals surface area (Å²) in [5.74, 6) is 0.894. The molecule has 2 fully saturated rings. The van der Waals surface area contributed by atoms with Crippen LogP contribution in [-0.2, 0) is 36.8 Å². The molecule has 2 atom stereocenters. The Morgan fingerprint density at radius 2 is 1.62 bits per heavy atom. The van der Waals surface area contributed by atoms with Crippen LogP contribution in [0.4, 0.5) is 8.78 Å². The third-order valence-corrected chi connectivity index (χ3v) is 16.3. The van der Waals surface area contributed by atoms with E-state index >= 15 is 4.39 Å². The number of aromatic nitrogens is 4. The van der Waals surface area contributed by atoms with Crippen LogP contribution in [0.1, 0.15) is 80.6 Å². The standard InChI is InChI=1S/C58H68Cl2F2N6O9S/c1-35-46-36(2)50(60)51(49(35)59)75-43(30-68-22-20-67(6)21-23-68)32-73-42-12-13-44(74-31-41-16-19-63-53(66-41)38-14-17-58(62,18-15-38)33-72-27-26-71-25-24-70-7)39(28-42)29-45(56(69)77-57(3,4)5)76-54-48-47(46)52(78-55(48)65-34-64-54)37-8-10-40(61)11-9-37/h8-13,16,19,28,34,38,43,45H,14-15,17-18,20-27,29-33H2,1-7H3/t38?,43-,45-,58?/m1/s1. The minimum Gasteiger partial charge on any atom is -0.490 e. The number of alkyl halides is 1. The molecule has 3 aromatic carbocycles. The van der Waals surface area contributed by atoms with Crippen molar-refractivity contribution < 1.29 is 51.5 Å². The number of carbonyl (C=O) groups is 1. The number of esters is 1. The molecule has 4 aliphatic rings. The Morgan fingerprint density at radius 1 is 0.897 bits per heavy atom. The number of hydrogen-bond acceptors (Lipinski definition) is 16. The van der Waals surface area contributed by atoms with E-state index in [0.29, 0.717) is 141 Å². The average molecular weight is 1130 g/mol. The van der Waals surface area contributed by atoms with Gasteiger partial charge in [-0.1, -0.05) is 35.3 Å². The first kappa shape index (κ1) is 57.4. The fraction of sp³-hybridized carbons (Fsp3) is 0.500. The minimum absolute atomic E-state index is 0.00703. The van der Waals surface area contributed by atoms with Gasteiger partial charge in [-0.05, 0) is 126 Å². The molecule has 15 nitrogen and oxygen atoms in total. The first-order valence-electron chi connectivity index (χ1n) is 26.5. The lowest BCUT2D eigenvalue weighted by Crippen LogP contribution is -2.49. The van der Waals surface area contributed by atoms with Crippen molar-refractivity contribution in [3.05, 3.63) is 105 Å². The Kier molecular flexibility index (Phi) is 18.7. The van der Waals surface area contributed by atoms with Crippen molar-refractivity contribution in [2.24, 2.45) is 0 Å². The van der Waals surface area contributed by atoms with E-state index in [-0.39, 0.29) is 38.0 Å². The second-order valence-electron chi connectivity index (χ2n) is 21.3. The topological polar surface area (TPSA) is 149 Å². The van der Waals surface area contributed by atoms with Crippen LogP contribution in [0.15, 0.2) is 61.1 Å².